The summed E-state index contributed by atoms with van der Waals surface area (Å²) in [5.74, 6) is 0.170. The minimum Gasteiger partial charge on any atom is -0.368 e. The van der Waals surface area contributed by atoms with Crippen LogP contribution < -0.4 is 11.3 Å². The first-order valence-electron chi connectivity index (χ1n) is 7.39. The van der Waals surface area contributed by atoms with E-state index in [0.29, 0.717) is 17.6 Å². The Hall–Kier alpha value is -1.69. The lowest BCUT2D eigenvalue weighted by Gasteiger charge is -2.16. The fourth-order valence-electron chi connectivity index (χ4n) is 3.02. The van der Waals surface area contributed by atoms with Gasteiger partial charge in [0.25, 0.3) is 5.56 Å². The molecule has 0 aliphatic heterocycles. The first kappa shape index (κ1) is 14.3. The van der Waals surface area contributed by atoms with E-state index < -0.39 is 11.9 Å². The fraction of sp³-hybridized carbons (Fsp3) is 0.533. The van der Waals surface area contributed by atoms with E-state index in [1.54, 1.807) is 18.3 Å². The van der Waals surface area contributed by atoms with Gasteiger partial charge in [-0.3, -0.25) is 14.2 Å². The minimum atomic E-state index is -0.659. The molecule has 2 aromatic rings. The molecular formula is C15H19N3O2S. The number of carbonyl (C=O) groups is 1. The van der Waals surface area contributed by atoms with E-state index in [9.17, 15) is 9.59 Å². The highest BCUT2D eigenvalue weighted by Crippen LogP contribution is 2.35. The number of primary amides is 1. The molecule has 2 heterocycles. The summed E-state index contributed by atoms with van der Waals surface area (Å²) in [7, 11) is 0. The number of rotatable bonds is 4. The number of aromatic nitrogens is 2. The zero-order valence-electron chi connectivity index (χ0n) is 12.3. The van der Waals surface area contributed by atoms with Crippen molar-refractivity contribution in [3.8, 4) is 0 Å². The lowest BCUT2D eigenvalue weighted by atomic mass is 10.1. The molecule has 1 amide bonds. The molecule has 1 unspecified atom stereocenters. The molecule has 6 heteroatoms. The number of amides is 1. The number of nitrogens with two attached hydrogens (primary N) is 1. The van der Waals surface area contributed by atoms with Crippen molar-refractivity contribution in [2.45, 2.75) is 52.0 Å². The third kappa shape index (κ3) is 2.18. The summed E-state index contributed by atoms with van der Waals surface area (Å²) in [6.45, 7) is 3.70. The summed E-state index contributed by atoms with van der Waals surface area (Å²) in [4.78, 5) is 31.2. The maximum Gasteiger partial charge on any atom is 0.263 e. The van der Waals surface area contributed by atoms with Gasteiger partial charge in [-0.15, -0.1) is 11.3 Å². The van der Waals surface area contributed by atoms with Gasteiger partial charge in [0.05, 0.1) is 5.39 Å². The van der Waals surface area contributed by atoms with Crippen LogP contribution in [0.4, 0.5) is 0 Å². The van der Waals surface area contributed by atoms with Crippen molar-refractivity contribution in [3.63, 3.8) is 0 Å². The van der Waals surface area contributed by atoms with E-state index in [4.69, 9.17) is 5.73 Å². The van der Waals surface area contributed by atoms with Crippen molar-refractivity contribution < 1.29 is 4.79 Å². The molecule has 0 saturated carbocycles. The SMILES string of the molecule is CCCc1nc2sc3c(c2c(=O)n1C(C)C(N)=O)CCC3. The predicted octanol–water partition coefficient (Wildman–Crippen LogP) is 1.95. The van der Waals surface area contributed by atoms with Gasteiger partial charge in [-0.05, 0) is 38.2 Å². The number of carbonyl (C=O) groups excluding carboxylic acids is 1. The predicted molar refractivity (Wildman–Crippen MR) is 83.8 cm³/mol. The number of fused-ring (bicyclic) bond motifs is 3. The number of hydrogen-bond donors (Lipinski definition) is 1. The van der Waals surface area contributed by atoms with Crippen molar-refractivity contribution in [2.75, 3.05) is 0 Å². The molecule has 3 rings (SSSR count). The molecule has 0 bridgehead atoms. The quantitative estimate of drug-likeness (QED) is 0.937. The van der Waals surface area contributed by atoms with Crippen LogP contribution in [0.1, 0.15) is 49.0 Å². The Kier molecular flexibility index (Phi) is 3.57. The topological polar surface area (TPSA) is 78.0 Å². The Bertz CT molecular complexity index is 775. The maximum atomic E-state index is 12.9. The third-order valence-electron chi connectivity index (χ3n) is 4.12. The van der Waals surface area contributed by atoms with E-state index in [1.165, 1.54) is 9.44 Å². The molecular weight excluding hydrogens is 286 g/mol. The number of nitrogens with zero attached hydrogens (tertiary/aromatic N) is 2. The van der Waals surface area contributed by atoms with Crippen LogP contribution in [0.2, 0.25) is 0 Å². The highest BCUT2D eigenvalue weighted by atomic mass is 32.1. The minimum absolute atomic E-state index is 0.103. The van der Waals surface area contributed by atoms with Gasteiger partial charge in [-0.25, -0.2) is 4.98 Å². The normalized spacial score (nSPS) is 15.3. The summed E-state index contributed by atoms with van der Waals surface area (Å²) >= 11 is 1.63. The standard InChI is InChI=1S/C15H19N3O2S/c1-3-5-11-17-14-12(9-6-4-7-10(9)21-14)15(20)18(11)8(2)13(16)19/h8H,3-7H2,1-2H3,(H2,16,19). The van der Waals surface area contributed by atoms with E-state index in [2.05, 4.69) is 4.98 Å². The molecule has 0 radical (unpaired) electrons. The molecule has 0 spiro atoms. The summed E-state index contributed by atoms with van der Waals surface area (Å²) in [5, 5.41) is 0.709. The molecule has 2 N–H and O–H groups in total. The third-order valence-corrected chi connectivity index (χ3v) is 5.30. The first-order chi connectivity index (χ1) is 10.0. The summed E-state index contributed by atoms with van der Waals surface area (Å²) < 4.78 is 1.50. The van der Waals surface area contributed by atoms with Crippen molar-refractivity contribution in [1.82, 2.24) is 9.55 Å². The average Bonchev–Trinajstić information content (AvgIpc) is 2.98. The summed E-state index contributed by atoms with van der Waals surface area (Å²) in [6, 6.07) is -0.659. The molecule has 2 aromatic heterocycles. The molecule has 0 aromatic carbocycles. The van der Waals surface area contributed by atoms with Crippen molar-refractivity contribution >= 4 is 27.5 Å². The van der Waals surface area contributed by atoms with Crippen LogP contribution in [-0.2, 0) is 24.1 Å². The highest BCUT2D eigenvalue weighted by Gasteiger charge is 2.25. The zero-order chi connectivity index (χ0) is 15.1. The van der Waals surface area contributed by atoms with Crippen LogP contribution in [0.3, 0.4) is 0 Å². The number of hydrogen-bond acceptors (Lipinski definition) is 4. The molecule has 1 aliphatic rings. The fourth-order valence-corrected chi connectivity index (χ4v) is 4.30. The van der Waals surface area contributed by atoms with Crippen molar-refractivity contribution in [3.05, 3.63) is 26.6 Å². The molecule has 1 aliphatic carbocycles. The van der Waals surface area contributed by atoms with E-state index in [-0.39, 0.29) is 5.56 Å². The lowest BCUT2D eigenvalue weighted by Crippen LogP contribution is -2.35. The maximum absolute atomic E-state index is 12.9. The molecule has 21 heavy (non-hydrogen) atoms. The Labute approximate surface area is 126 Å². The Morgan fingerprint density at radius 1 is 1.48 bits per heavy atom. The van der Waals surface area contributed by atoms with Crippen LogP contribution in [0.5, 0.6) is 0 Å². The molecule has 112 valence electrons. The molecule has 5 nitrogen and oxygen atoms in total. The van der Waals surface area contributed by atoms with Gasteiger partial charge in [-0.1, -0.05) is 6.92 Å². The Morgan fingerprint density at radius 3 is 2.90 bits per heavy atom. The second-order valence-corrected chi connectivity index (χ2v) is 6.65. The van der Waals surface area contributed by atoms with E-state index in [1.807, 2.05) is 6.92 Å². The van der Waals surface area contributed by atoms with Gasteiger partial charge < -0.3 is 5.73 Å². The zero-order valence-corrected chi connectivity index (χ0v) is 13.1. The van der Waals surface area contributed by atoms with Crippen molar-refractivity contribution in [1.29, 1.82) is 0 Å². The van der Waals surface area contributed by atoms with Crippen LogP contribution in [0.25, 0.3) is 10.2 Å². The summed E-state index contributed by atoms with van der Waals surface area (Å²) in [5.41, 5.74) is 6.45. The van der Waals surface area contributed by atoms with Gasteiger partial charge in [0.1, 0.15) is 16.7 Å². The monoisotopic (exact) mass is 305 g/mol. The molecule has 0 fully saturated rings. The molecule has 1 atom stereocenters. The van der Waals surface area contributed by atoms with Gasteiger partial charge in [-0.2, -0.15) is 0 Å². The Balaban J connectivity index is 2.32. The first-order valence-corrected chi connectivity index (χ1v) is 8.21. The van der Waals surface area contributed by atoms with Gasteiger partial charge in [0.2, 0.25) is 5.91 Å². The molecule has 0 saturated heterocycles. The smallest absolute Gasteiger partial charge is 0.263 e. The summed E-state index contributed by atoms with van der Waals surface area (Å²) in [6.07, 6.45) is 4.60. The van der Waals surface area contributed by atoms with E-state index in [0.717, 1.165) is 36.1 Å². The second-order valence-electron chi connectivity index (χ2n) is 5.57. The van der Waals surface area contributed by atoms with Crippen LogP contribution >= 0.6 is 11.3 Å². The van der Waals surface area contributed by atoms with Gasteiger partial charge in [0, 0.05) is 11.3 Å². The Morgan fingerprint density at radius 2 is 2.24 bits per heavy atom. The van der Waals surface area contributed by atoms with Crippen LogP contribution in [0, 0.1) is 0 Å². The number of aryl methyl sites for hydroxylation is 3. The van der Waals surface area contributed by atoms with Crippen LogP contribution in [0.15, 0.2) is 4.79 Å². The highest BCUT2D eigenvalue weighted by molar-refractivity contribution is 7.18. The van der Waals surface area contributed by atoms with Gasteiger partial charge in [0.15, 0.2) is 0 Å². The number of thiophene rings is 1. The van der Waals surface area contributed by atoms with Gasteiger partial charge >= 0.3 is 0 Å². The average molecular weight is 305 g/mol. The van der Waals surface area contributed by atoms with E-state index >= 15 is 0 Å². The van der Waals surface area contributed by atoms with Crippen molar-refractivity contribution in [2.24, 2.45) is 5.73 Å². The van der Waals surface area contributed by atoms with Crippen LogP contribution in [-0.4, -0.2) is 15.5 Å². The second kappa shape index (κ2) is 5.26. The lowest BCUT2D eigenvalue weighted by molar-refractivity contribution is -0.120. The largest absolute Gasteiger partial charge is 0.368 e.